The van der Waals surface area contributed by atoms with Crippen LogP contribution >= 0.6 is 11.6 Å². The van der Waals surface area contributed by atoms with E-state index in [1.54, 1.807) is 39.1 Å². The Bertz CT molecular complexity index is 1270. The number of hydrogen-bond donors (Lipinski definition) is 2. The van der Waals surface area contributed by atoms with E-state index in [2.05, 4.69) is 26.5 Å². The van der Waals surface area contributed by atoms with Gasteiger partial charge in [-0.1, -0.05) is 18.2 Å². The van der Waals surface area contributed by atoms with Gasteiger partial charge in [0.25, 0.3) is 0 Å². The molecule has 0 amide bonds. The summed E-state index contributed by atoms with van der Waals surface area (Å²) in [6, 6.07) is 2.39. The van der Waals surface area contributed by atoms with Crippen LogP contribution in [0.3, 0.4) is 0 Å². The van der Waals surface area contributed by atoms with Gasteiger partial charge in [0.05, 0.1) is 22.6 Å². The van der Waals surface area contributed by atoms with Crippen molar-refractivity contribution >= 4 is 31.9 Å². The van der Waals surface area contributed by atoms with E-state index >= 15 is 0 Å². The van der Waals surface area contributed by atoms with Crippen LogP contribution < -0.4 is 5.73 Å². The third-order valence-corrected chi connectivity index (χ3v) is 5.35. The number of halogens is 3. The summed E-state index contributed by atoms with van der Waals surface area (Å²) in [4.78, 5) is 16.6. The molecule has 0 aromatic carbocycles. The van der Waals surface area contributed by atoms with Crippen LogP contribution in [-0.2, 0) is 34.3 Å². The minimum absolute atomic E-state index is 0. The van der Waals surface area contributed by atoms with Crippen LogP contribution in [0.5, 0.6) is 0 Å². The topological polar surface area (TPSA) is 107 Å². The van der Waals surface area contributed by atoms with Crippen molar-refractivity contribution in [2.45, 2.75) is 45.8 Å². The molecule has 0 aliphatic heterocycles. The van der Waals surface area contributed by atoms with Gasteiger partial charge in [-0.15, -0.1) is 0 Å². The van der Waals surface area contributed by atoms with Crippen molar-refractivity contribution in [1.29, 1.82) is 0 Å². The van der Waals surface area contributed by atoms with E-state index in [0.717, 1.165) is 30.7 Å². The average Bonchev–Trinajstić information content (AvgIpc) is 3.64. The Morgan fingerprint density at radius 3 is 2.58 bits per heavy atom. The van der Waals surface area contributed by atoms with E-state index in [-0.39, 0.29) is 60.6 Å². The fraction of sp³-hybridized carbons (Fsp3) is 0.308. The van der Waals surface area contributed by atoms with Crippen molar-refractivity contribution < 1.29 is 36.0 Å². The number of aromatic nitrogens is 3. The van der Waals surface area contributed by atoms with Gasteiger partial charge in [-0.25, -0.2) is 18.7 Å². The smallest absolute Gasteiger partial charge is 0.160 e. The minimum Gasteiger partial charge on any atom is -0.486 e. The molecule has 0 atom stereocenters. The standard InChI is InChI=1S/C26H28ClF2N5O2.B.Cr/c1-15(30)9-24(36-14-23-21(29)11-19(28)13-33-23)20(27)10-18(17-5-6-17)12-32-16(2)22-7-8-31-25(34-22)26(3,4)35;;/h7-13,17,35H,2,5-6,14,30H2,1,3-4H3;;/b15-9-,18-10-,24-20-,32-12?;;. The molecule has 0 spiro atoms. The number of aliphatic imine (C=N–C) groups is 1. The molecule has 0 unspecified atom stereocenters. The Hall–Kier alpha value is -2.83. The Balaban J connectivity index is 0.00000361. The fourth-order valence-electron chi connectivity index (χ4n) is 3.01. The van der Waals surface area contributed by atoms with Crippen molar-refractivity contribution in [3.63, 3.8) is 0 Å². The zero-order chi connectivity index (χ0) is 26.5. The van der Waals surface area contributed by atoms with Crippen molar-refractivity contribution in [3.05, 3.63) is 94.2 Å². The molecule has 1 aliphatic carbocycles. The molecular weight excluding hydrogens is 551 g/mol. The molecule has 1 saturated carbocycles. The number of ether oxygens (including phenoxy) is 1. The Kier molecular flexibility index (Phi) is 12.5. The van der Waals surface area contributed by atoms with Crippen LogP contribution in [0.15, 0.2) is 70.3 Å². The molecule has 12 heteroatoms. The minimum atomic E-state index is -1.20. The first kappa shape index (κ1) is 33.2. The SMILES string of the molecule is C=C(N=C/C(=C/C(Cl)=C(\C=C(\C)N)OCc1ncc(F)cc1F)C1CC1)c1ccnc(C(C)(C)O)n1.[B].[Cr]. The predicted octanol–water partition coefficient (Wildman–Crippen LogP) is 4.90. The predicted molar refractivity (Wildman–Crippen MR) is 141 cm³/mol. The van der Waals surface area contributed by atoms with Gasteiger partial charge in [0.2, 0.25) is 0 Å². The van der Waals surface area contributed by atoms with Crippen molar-refractivity contribution in [2.75, 3.05) is 0 Å². The summed E-state index contributed by atoms with van der Waals surface area (Å²) in [5, 5.41) is 10.4. The summed E-state index contributed by atoms with van der Waals surface area (Å²) in [6.45, 7) is 8.55. The van der Waals surface area contributed by atoms with Crippen molar-refractivity contribution in [2.24, 2.45) is 16.6 Å². The molecule has 1 aliphatic rings. The van der Waals surface area contributed by atoms with E-state index in [4.69, 9.17) is 22.1 Å². The number of nitrogens with zero attached hydrogens (tertiary/aromatic N) is 4. The maximum absolute atomic E-state index is 14.0. The van der Waals surface area contributed by atoms with Gasteiger partial charge in [-0.05, 0) is 57.2 Å². The van der Waals surface area contributed by atoms with Gasteiger partial charge in [0.15, 0.2) is 11.6 Å². The number of allylic oxidation sites excluding steroid dienone is 5. The van der Waals surface area contributed by atoms with Gasteiger partial charge in [0, 0.05) is 56.0 Å². The van der Waals surface area contributed by atoms with E-state index in [0.29, 0.717) is 17.1 Å². The molecule has 0 saturated heterocycles. The molecule has 38 heavy (non-hydrogen) atoms. The molecule has 2 aromatic heterocycles. The third-order valence-electron chi connectivity index (χ3n) is 5.05. The summed E-state index contributed by atoms with van der Waals surface area (Å²) in [6.07, 6.45) is 9.27. The first-order chi connectivity index (χ1) is 16.9. The summed E-state index contributed by atoms with van der Waals surface area (Å²) in [5.74, 6) is -0.875. The van der Waals surface area contributed by atoms with E-state index < -0.39 is 17.2 Å². The summed E-state index contributed by atoms with van der Waals surface area (Å²) >= 11 is 6.56. The maximum Gasteiger partial charge on any atom is 0.160 e. The number of hydrogen-bond acceptors (Lipinski definition) is 7. The normalized spacial score (nSPS) is 14.9. The second-order valence-electron chi connectivity index (χ2n) is 8.92. The van der Waals surface area contributed by atoms with E-state index in [1.807, 2.05) is 0 Å². The molecule has 199 valence electrons. The summed E-state index contributed by atoms with van der Waals surface area (Å²) in [5.41, 5.74) is 6.68. The Morgan fingerprint density at radius 1 is 1.32 bits per heavy atom. The van der Waals surface area contributed by atoms with Gasteiger partial charge in [-0.3, -0.25) is 9.98 Å². The van der Waals surface area contributed by atoms with E-state index in [9.17, 15) is 13.9 Å². The Morgan fingerprint density at radius 2 is 2.00 bits per heavy atom. The zero-order valence-electron chi connectivity index (χ0n) is 21.3. The first-order valence-electron chi connectivity index (χ1n) is 11.2. The van der Waals surface area contributed by atoms with Gasteiger partial charge in [0.1, 0.15) is 29.5 Å². The Labute approximate surface area is 239 Å². The summed E-state index contributed by atoms with van der Waals surface area (Å²) in [7, 11) is 0. The van der Waals surface area contributed by atoms with Gasteiger partial charge in [-0.2, -0.15) is 0 Å². The molecule has 1 fully saturated rings. The largest absolute Gasteiger partial charge is 0.486 e. The third kappa shape index (κ3) is 9.80. The summed E-state index contributed by atoms with van der Waals surface area (Å²) < 4.78 is 32.8. The molecular formula is C26H28BClCrF2N5O2. The molecule has 2 aromatic rings. The fourth-order valence-corrected chi connectivity index (χ4v) is 3.24. The van der Waals surface area contributed by atoms with Gasteiger partial charge >= 0.3 is 0 Å². The monoisotopic (exact) mass is 578 g/mol. The van der Waals surface area contributed by atoms with Crippen LogP contribution in [0.2, 0.25) is 0 Å². The van der Waals surface area contributed by atoms with Gasteiger partial charge < -0.3 is 15.6 Å². The molecule has 3 radical (unpaired) electrons. The van der Waals surface area contributed by atoms with Crippen molar-refractivity contribution in [1.82, 2.24) is 15.0 Å². The number of nitrogens with two attached hydrogens (primary N) is 1. The van der Waals surface area contributed by atoms with Crippen LogP contribution in [-0.4, -0.2) is 34.7 Å². The maximum atomic E-state index is 14.0. The van der Waals surface area contributed by atoms with Crippen LogP contribution in [0.4, 0.5) is 8.78 Å². The molecule has 3 N–H and O–H groups in total. The van der Waals surface area contributed by atoms with Crippen LogP contribution in [0.25, 0.3) is 5.70 Å². The zero-order valence-corrected chi connectivity index (χ0v) is 23.3. The molecule has 0 bridgehead atoms. The number of aliphatic hydroxyl groups is 1. The molecule has 2 heterocycles. The molecule has 7 nitrogen and oxygen atoms in total. The second kappa shape index (κ2) is 14.4. The van der Waals surface area contributed by atoms with Crippen molar-refractivity contribution in [3.8, 4) is 0 Å². The molecule has 3 rings (SSSR count). The first-order valence-corrected chi connectivity index (χ1v) is 11.6. The van der Waals surface area contributed by atoms with E-state index in [1.165, 1.54) is 12.3 Å². The average molecular weight is 579 g/mol. The van der Waals surface area contributed by atoms with Crippen LogP contribution in [0, 0.1) is 17.6 Å². The quantitative estimate of drug-likeness (QED) is 0.180. The second-order valence-corrected chi connectivity index (χ2v) is 9.33. The number of pyridine rings is 1. The van der Waals surface area contributed by atoms with Crippen LogP contribution in [0.1, 0.15) is 50.8 Å². The number of rotatable bonds is 10.